The Bertz CT molecular complexity index is 1550. The first-order valence-electron chi connectivity index (χ1n) is 13.8. The van der Waals surface area contributed by atoms with E-state index >= 15 is 0 Å². The summed E-state index contributed by atoms with van der Waals surface area (Å²) in [6.07, 6.45) is 4.58. The molecule has 2 aromatic carbocycles. The van der Waals surface area contributed by atoms with Gasteiger partial charge in [-0.2, -0.15) is 0 Å². The van der Waals surface area contributed by atoms with Crippen molar-refractivity contribution in [1.82, 2.24) is 14.9 Å². The van der Waals surface area contributed by atoms with Crippen molar-refractivity contribution in [1.29, 1.82) is 0 Å². The first-order valence-corrected chi connectivity index (χ1v) is 15.7. The molecule has 0 unspecified atom stereocenters. The van der Waals surface area contributed by atoms with Gasteiger partial charge in [0.15, 0.2) is 5.75 Å². The highest BCUT2D eigenvalue weighted by molar-refractivity contribution is 7.92. The second kappa shape index (κ2) is 12.5. The van der Waals surface area contributed by atoms with Crippen molar-refractivity contribution in [2.75, 3.05) is 48.9 Å². The Morgan fingerprint density at radius 1 is 1.05 bits per heavy atom. The summed E-state index contributed by atoms with van der Waals surface area (Å²) in [7, 11) is -0.0567. The van der Waals surface area contributed by atoms with Crippen molar-refractivity contribution in [3.63, 3.8) is 0 Å². The molecule has 1 aliphatic heterocycles. The number of amides is 1. The van der Waals surface area contributed by atoms with Gasteiger partial charge in [0.25, 0.3) is 5.91 Å². The number of likely N-dealkylation sites (tertiary alicyclic amines) is 1. The lowest BCUT2D eigenvalue weighted by Gasteiger charge is -2.29. The van der Waals surface area contributed by atoms with Gasteiger partial charge in [0, 0.05) is 17.7 Å². The van der Waals surface area contributed by atoms with E-state index in [1.165, 1.54) is 13.4 Å². The number of methoxy groups -OCH3 is 1. The fourth-order valence-corrected chi connectivity index (χ4v) is 5.20. The number of rotatable bonds is 9. The third-order valence-corrected chi connectivity index (χ3v) is 7.67. The highest BCUT2D eigenvalue weighted by atomic mass is 32.2. The summed E-state index contributed by atoms with van der Waals surface area (Å²) in [4.78, 5) is 24.4. The molecule has 0 bridgehead atoms. The molecule has 0 aliphatic carbocycles. The minimum atomic E-state index is -3.60. The molecule has 0 saturated carbocycles. The maximum absolute atomic E-state index is 13.5. The highest BCUT2D eigenvalue weighted by Crippen LogP contribution is 2.39. The number of hydrogen-bond donors (Lipinski definition) is 3. The first kappa shape index (κ1) is 31.0. The molecule has 1 fully saturated rings. The molecule has 0 radical (unpaired) electrons. The quantitative estimate of drug-likeness (QED) is 0.311. The number of carbonyl (C=O) groups excluding carboxylic acids is 1. The highest BCUT2D eigenvalue weighted by Gasteiger charge is 2.23. The summed E-state index contributed by atoms with van der Waals surface area (Å²) in [5, 5.41) is 6.36. The number of anilines is 3. The van der Waals surface area contributed by atoms with Crippen LogP contribution in [-0.4, -0.2) is 68.7 Å². The number of aromatic nitrogens is 2. The third kappa shape index (κ3) is 8.10. The number of benzene rings is 2. The number of carbonyl (C=O) groups is 1. The van der Waals surface area contributed by atoms with Gasteiger partial charge < -0.3 is 25.0 Å². The number of aryl methyl sites for hydroxylation is 1. The fourth-order valence-electron chi connectivity index (χ4n) is 4.64. The number of nitrogens with one attached hydrogen (secondary N) is 3. The van der Waals surface area contributed by atoms with E-state index in [4.69, 9.17) is 9.47 Å². The number of piperidine rings is 1. The number of sulfonamides is 1. The van der Waals surface area contributed by atoms with Crippen LogP contribution in [0.1, 0.15) is 55.1 Å². The number of nitrogens with zero attached hydrogens (tertiary/aromatic N) is 3. The second-order valence-corrected chi connectivity index (χ2v) is 13.5. The Balaban J connectivity index is 1.57. The van der Waals surface area contributed by atoms with Crippen LogP contribution in [0.15, 0.2) is 42.7 Å². The van der Waals surface area contributed by atoms with Crippen molar-refractivity contribution >= 4 is 33.1 Å². The molecule has 0 spiro atoms. The summed E-state index contributed by atoms with van der Waals surface area (Å²) >= 11 is 0. The zero-order valence-corrected chi connectivity index (χ0v) is 26.1. The first-order chi connectivity index (χ1) is 19.7. The van der Waals surface area contributed by atoms with E-state index in [9.17, 15) is 13.2 Å². The van der Waals surface area contributed by atoms with Gasteiger partial charge in [0.1, 0.15) is 17.9 Å². The van der Waals surface area contributed by atoms with Crippen LogP contribution in [0.2, 0.25) is 0 Å². The maximum atomic E-state index is 13.5. The molecule has 12 heteroatoms. The Kier molecular flexibility index (Phi) is 9.27. The molecule has 0 atom stereocenters. The molecular formula is C30H40N6O5S. The van der Waals surface area contributed by atoms with Crippen LogP contribution in [0.3, 0.4) is 0 Å². The van der Waals surface area contributed by atoms with Crippen LogP contribution in [-0.2, 0) is 15.4 Å². The largest absolute Gasteiger partial charge is 0.492 e. The number of ether oxygens (including phenoxy) is 2. The average Bonchev–Trinajstić information content (AvgIpc) is 2.90. The monoisotopic (exact) mass is 596 g/mol. The Hall–Kier alpha value is -3.90. The molecule has 1 saturated heterocycles. The van der Waals surface area contributed by atoms with E-state index in [1.54, 1.807) is 36.4 Å². The van der Waals surface area contributed by atoms with E-state index in [0.717, 1.165) is 43.3 Å². The van der Waals surface area contributed by atoms with E-state index in [1.807, 2.05) is 27.7 Å². The van der Waals surface area contributed by atoms with Crippen LogP contribution >= 0.6 is 0 Å². The SMILES string of the molecule is COc1c(NC(=O)c2ccc(C)c(Oc3cc(NC4CCN(C)CC4)ncn3)c2)cc(C(C)(C)C)cc1NS(C)(=O)=O. The van der Waals surface area contributed by atoms with E-state index in [2.05, 4.69) is 37.3 Å². The van der Waals surface area contributed by atoms with E-state index in [0.29, 0.717) is 34.7 Å². The van der Waals surface area contributed by atoms with Gasteiger partial charge in [-0.15, -0.1) is 0 Å². The molecule has 1 amide bonds. The van der Waals surface area contributed by atoms with Gasteiger partial charge in [0.05, 0.1) is 24.7 Å². The topological polar surface area (TPSA) is 135 Å². The van der Waals surface area contributed by atoms with Gasteiger partial charge in [-0.3, -0.25) is 9.52 Å². The number of hydrogen-bond acceptors (Lipinski definition) is 9. The summed E-state index contributed by atoms with van der Waals surface area (Å²) in [6.45, 7) is 9.93. The lowest BCUT2D eigenvalue weighted by molar-refractivity contribution is 0.102. The van der Waals surface area contributed by atoms with E-state index < -0.39 is 15.9 Å². The van der Waals surface area contributed by atoms with Crippen molar-refractivity contribution in [3.05, 3.63) is 59.4 Å². The zero-order valence-electron chi connectivity index (χ0n) is 25.2. The lowest BCUT2D eigenvalue weighted by atomic mass is 9.86. The third-order valence-electron chi connectivity index (χ3n) is 7.08. The predicted molar refractivity (Wildman–Crippen MR) is 166 cm³/mol. The average molecular weight is 597 g/mol. The van der Waals surface area contributed by atoms with E-state index in [-0.39, 0.29) is 16.9 Å². The van der Waals surface area contributed by atoms with Gasteiger partial charge in [-0.25, -0.2) is 18.4 Å². The molecule has 1 aromatic heterocycles. The standard InChI is InChI=1S/C30H40N6O5S/c1-19-8-9-20(14-25(19)41-27-17-26(31-18-32-27)33-22-10-12-36(5)13-11-22)29(37)34-23-15-21(30(2,3)4)16-24(28(23)40-6)35-42(7,38)39/h8-9,14-18,22,35H,10-13H2,1-7H3,(H,34,37)(H,31,32,33). The maximum Gasteiger partial charge on any atom is 0.255 e. The normalized spacial score (nSPS) is 14.7. The molecule has 1 aliphatic rings. The summed E-state index contributed by atoms with van der Waals surface area (Å²) < 4.78 is 38.2. The lowest BCUT2D eigenvalue weighted by Crippen LogP contribution is -2.36. The zero-order chi connectivity index (χ0) is 30.7. The van der Waals surface area contributed by atoms with Crippen molar-refractivity contribution in [2.24, 2.45) is 0 Å². The molecule has 3 N–H and O–H groups in total. The summed E-state index contributed by atoms with van der Waals surface area (Å²) in [5.41, 5.74) is 2.22. The molecule has 3 aromatic rings. The summed E-state index contributed by atoms with van der Waals surface area (Å²) in [6, 6.07) is 10.7. The molecule has 4 rings (SSSR count). The molecule has 11 nitrogen and oxygen atoms in total. The van der Waals surface area contributed by atoms with Crippen LogP contribution in [0.5, 0.6) is 17.4 Å². The van der Waals surface area contributed by atoms with Gasteiger partial charge in [0.2, 0.25) is 15.9 Å². The Labute approximate surface area is 248 Å². The van der Waals surface area contributed by atoms with Gasteiger partial charge in [-0.1, -0.05) is 26.8 Å². The molecule has 42 heavy (non-hydrogen) atoms. The van der Waals surface area contributed by atoms with Crippen LogP contribution in [0.4, 0.5) is 17.2 Å². The predicted octanol–water partition coefficient (Wildman–Crippen LogP) is 5.01. The van der Waals surface area contributed by atoms with Crippen molar-refractivity contribution in [2.45, 2.75) is 52.0 Å². The summed E-state index contributed by atoms with van der Waals surface area (Å²) in [5.74, 6) is 1.31. The second-order valence-electron chi connectivity index (χ2n) is 11.7. The minimum Gasteiger partial charge on any atom is -0.492 e. The smallest absolute Gasteiger partial charge is 0.255 e. The Morgan fingerprint density at radius 3 is 2.38 bits per heavy atom. The minimum absolute atomic E-state index is 0.205. The van der Waals surface area contributed by atoms with Gasteiger partial charge >= 0.3 is 0 Å². The molecule has 226 valence electrons. The van der Waals surface area contributed by atoms with Crippen LogP contribution in [0, 0.1) is 6.92 Å². The fraction of sp³-hybridized carbons (Fsp3) is 0.433. The molecular weight excluding hydrogens is 556 g/mol. The van der Waals surface area contributed by atoms with Crippen LogP contribution in [0.25, 0.3) is 0 Å². The van der Waals surface area contributed by atoms with Gasteiger partial charge in [-0.05, 0) is 80.7 Å². The van der Waals surface area contributed by atoms with Crippen molar-refractivity contribution in [3.8, 4) is 17.4 Å². The molecule has 2 heterocycles. The van der Waals surface area contributed by atoms with Crippen LogP contribution < -0.4 is 24.8 Å². The Morgan fingerprint density at radius 2 is 1.74 bits per heavy atom. The van der Waals surface area contributed by atoms with Crippen molar-refractivity contribution < 1.29 is 22.7 Å².